The van der Waals surface area contributed by atoms with Crippen LogP contribution in [0.4, 0.5) is 5.82 Å². The average Bonchev–Trinajstić information content (AvgIpc) is 2.32. The topological polar surface area (TPSA) is 82.0 Å². The Labute approximate surface area is 108 Å². The van der Waals surface area contributed by atoms with E-state index in [2.05, 4.69) is 4.98 Å². The van der Waals surface area contributed by atoms with Gasteiger partial charge in [-0.25, -0.2) is 4.98 Å². The molecule has 0 amide bonds. The van der Waals surface area contributed by atoms with E-state index >= 15 is 0 Å². The Morgan fingerprint density at radius 1 is 1.33 bits per heavy atom. The minimum atomic E-state index is -0.285. The van der Waals surface area contributed by atoms with Gasteiger partial charge in [-0.2, -0.15) is 0 Å². The van der Waals surface area contributed by atoms with Crippen LogP contribution >= 0.6 is 0 Å². The number of pyridine rings is 1. The van der Waals surface area contributed by atoms with E-state index in [9.17, 15) is 4.79 Å². The number of hydrogen-bond acceptors (Lipinski definition) is 4. The van der Waals surface area contributed by atoms with E-state index in [1.165, 1.54) is 6.42 Å². The van der Waals surface area contributed by atoms with Crippen LogP contribution in [0.2, 0.25) is 0 Å². The van der Waals surface area contributed by atoms with Crippen LogP contribution < -0.4 is 11.5 Å². The van der Waals surface area contributed by atoms with E-state index in [1.54, 1.807) is 12.3 Å². The lowest BCUT2D eigenvalue weighted by Gasteiger charge is -2.32. The van der Waals surface area contributed by atoms with Crippen molar-refractivity contribution >= 4 is 11.6 Å². The van der Waals surface area contributed by atoms with Crippen LogP contribution in [0.5, 0.6) is 0 Å². The van der Waals surface area contributed by atoms with Gasteiger partial charge in [-0.05, 0) is 18.9 Å². The fourth-order valence-corrected chi connectivity index (χ4v) is 2.70. The Morgan fingerprint density at radius 2 is 2.06 bits per heavy atom. The molecular weight excluding hydrogens is 226 g/mol. The second-order valence-electron chi connectivity index (χ2n) is 5.36. The molecule has 4 N–H and O–H groups in total. The predicted octanol–water partition coefficient (Wildman–Crippen LogP) is 1.83. The third-order valence-electron chi connectivity index (χ3n) is 3.71. The van der Waals surface area contributed by atoms with Crippen molar-refractivity contribution in [1.82, 2.24) is 4.98 Å². The number of carbonyl (C=O) groups is 1. The summed E-state index contributed by atoms with van der Waals surface area (Å²) in [5.41, 5.74) is 12.5. The summed E-state index contributed by atoms with van der Waals surface area (Å²) >= 11 is 0. The van der Waals surface area contributed by atoms with Crippen LogP contribution in [0.1, 0.15) is 44.1 Å². The minimum absolute atomic E-state index is 0.166. The Balaban J connectivity index is 1.94. The highest BCUT2D eigenvalue weighted by Crippen LogP contribution is 2.29. The normalized spacial score (nSPS) is 18.5. The maximum Gasteiger partial charge on any atom is 0.139 e. The number of nitrogen functional groups attached to an aromatic ring is 1. The van der Waals surface area contributed by atoms with E-state index in [1.807, 2.05) is 6.07 Å². The summed E-state index contributed by atoms with van der Waals surface area (Å²) in [5.74, 6) is 0.611. The van der Waals surface area contributed by atoms with Gasteiger partial charge in [0.05, 0.1) is 0 Å². The standard InChI is InChI=1S/C14H21N3O/c15-13-11(5-4-8-17-13)9-12(18)10-14(16)6-2-1-3-7-14/h4-5,8H,1-3,6-7,9-10,16H2,(H2,15,17). The minimum Gasteiger partial charge on any atom is -0.383 e. The van der Waals surface area contributed by atoms with Gasteiger partial charge >= 0.3 is 0 Å². The number of aromatic nitrogens is 1. The van der Waals surface area contributed by atoms with Crippen molar-refractivity contribution in [2.24, 2.45) is 5.73 Å². The van der Waals surface area contributed by atoms with Crippen molar-refractivity contribution in [3.05, 3.63) is 23.9 Å². The monoisotopic (exact) mass is 247 g/mol. The van der Waals surface area contributed by atoms with Crippen molar-refractivity contribution in [1.29, 1.82) is 0 Å². The predicted molar refractivity (Wildman–Crippen MR) is 72.0 cm³/mol. The number of rotatable bonds is 4. The lowest BCUT2D eigenvalue weighted by Crippen LogP contribution is -2.43. The highest BCUT2D eigenvalue weighted by atomic mass is 16.1. The van der Waals surface area contributed by atoms with Gasteiger partial charge in [-0.1, -0.05) is 25.3 Å². The Bertz CT molecular complexity index is 425. The fraction of sp³-hybridized carbons (Fsp3) is 0.571. The van der Waals surface area contributed by atoms with E-state index in [0.717, 1.165) is 31.2 Å². The van der Waals surface area contributed by atoms with Crippen molar-refractivity contribution in [2.45, 2.75) is 50.5 Å². The highest BCUT2D eigenvalue weighted by Gasteiger charge is 2.29. The van der Waals surface area contributed by atoms with Crippen LogP contribution in [-0.2, 0) is 11.2 Å². The van der Waals surface area contributed by atoms with Gasteiger partial charge in [0.2, 0.25) is 0 Å². The fourth-order valence-electron chi connectivity index (χ4n) is 2.70. The number of ketones is 1. The molecule has 1 saturated carbocycles. The number of nitrogens with zero attached hydrogens (tertiary/aromatic N) is 1. The lowest BCUT2D eigenvalue weighted by molar-refractivity contribution is -0.119. The molecule has 0 saturated heterocycles. The largest absolute Gasteiger partial charge is 0.383 e. The summed E-state index contributed by atoms with van der Waals surface area (Å²) in [6, 6.07) is 3.65. The zero-order valence-electron chi connectivity index (χ0n) is 10.7. The molecule has 2 rings (SSSR count). The molecule has 18 heavy (non-hydrogen) atoms. The van der Waals surface area contributed by atoms with Gasteiger partial charge in [0.1, 0.15) is 11.6 Å². The molecule has 4 heteroatoms. The summed E-state index contributed by atoms with van der Waals surface area (Å²) in [6.07, 6.45) is 7.87. The molecule has 1 aromatic heterocycles. The molecule has 0 atom stereocenters. The van der Waals surface area contributed by atoms with Gasteiger partial charge in [-0.3, -0.25) is 4.79 Å². The van der Waals surface area contributed by atoms with Crippen LogP contribution in [0.25, 0.3) is 0 Å². The van der Waals surface area contributed by atoms with Gasteiger partial charge in [0.15, 0.2) is 0 Å². The number of hydrogen-bond donors (Lipinski definition) is 2. The first-order chi connectivity index (χ1) is 8.59. The molecule has 1 aliphatic carbocycles. The summed E-state index contributed by atoms with van der Waals surface area (Å²) in [4.78, 5) is 16.1. The molecule has 0 spiro atoms. The first-order valence-electron chi connectivity index (χ1n) is 6.59. The summed E-state index contributed by atoms with van der Waals surface area (Å²) in [5, 5.41) is 0. The molecule has 0 aromatic carbocycles. The smallest absolute Gasteiger partial charge is 0.139 e. The first kappa shape index (κ1) is 13.0. The molecule has 1 aliphatic rings. The molecule has 1 heterocycles. The van der Waals surface area contributed by atoms with Gasteiger partial charge in [-0.15, -0.1) is 0 Å². The third kappa shape index (κ3) is 3.29. The van der Waals surface area contributed by atoms with Crippen molar-refractivity contribution < 1.29 is 4.79 Å². The number of nitrogens with two attached hydrogens (primary N) is 2. The molecular formula is C14H21N3O. The number of carbonyl (C=O) groups excluding carboxylic acids is 1. The first-order valence-corrected chi connectivity index (χ1v) is 6.59. The van der Waals surface area contributed by atoms with E-state index < -0.39 is 0 Å². The maximum atomic E-state index is 12.1. The van der Waals surface area contributed by atoms with E-state index in [0.29, 0.717) is 18.7 Å². The maximum absolute atomic E-state index is 12.1. The molecule has 0 aliphatic heterocycles. The summed E-state index contributed by atoms with van der Waals surface area (Å²) in [6.45, 7) is 0. The molecule has 0 radical (unpaired) electrons. The van der Waals surface area contributed by atoms with Gasteiger partial charge in [0, 0.05) is 30.1 Å². The molecule has 1 fully saturated rings. The Hall–Kier alpha value is -1.42. The molecule has 98 valence electrons. The van der Waals surface area contributed by atoms with Gasteiger partial charge < -0.3 is 11.5 Å². The molecule has 0 unspecified atom stereocenters. The van der Waals surface area contributed by atoms with Crippen LogP contribution in [0, 0.1) is 0 Å². The van der Waals surface area contributed by atoms with Gasteiger partial charge in [0.25, 0.3) is 0 Å². The van der Waals surface area contributed by atoms with Crippen molar-refractivity contribution in [3.8, 4) is 0 Å². The number of anilines is 1. The SMILES string of the molecule is Nc1ncccc1CC(=O)CC1(N)CCCCC1. The molecule has 4 nitrogen and oxygen atoms in total. The molecule has 0 bridgehead atoms. The lowest BCUT2D eigenvalue weighted by atomic mass is 9.78. The Kier molecular flexibility index (Phi) is 3.97. The van der Waals surface area contributed by atoms with E-state index in [-0.39, 0.29) is 11.3 Å². The zero-order valence-corrected chi connectivity index (χ0v) is 10.7. The second kappa shape index (κ2) is 5.48. The Morgan fingerprint density at radius 3 is 2.72 bits per heavy atom. The highest BCUT2D eigenvalue weighted by molar-refractivity contribution is 5.83. The second-order valence-corrected chi connectivity index (χ2v) is 5.36. The van der Waals surface area contributed by atoms with Crippen LogP contribution in [-0.4, -0.2) is 16.3 Å². The van der Waals surface area contributed by atoms with Crippen molar-refractivity contribution in [2.75, 3.05) is 5.73 Å². The van der Waals surface area contributed by atoms with Crippen molar-refractivity contribution in [3.63, 3.8) is 0 Å². The van der Waals surface area contributed by atoms with Crippen LogP contribution in [0.15, 0.2) is 18.3 Å². The van der Waals surface area contributed by atoms with E-state index in [4.69, 9.17) is 11.5 Å². The third-order valence-corrected chi connectivity index (χ3v) is 3.71. The van der Waals surface area contributed by atoms with Crippen LogP contribution in [0.3, 0.4) is 0 Å². The average molecular weight is 247 g/mol. The molecule has 1 aromatic rings. The zero-order chi connectivity index (χ0) is 13.0. The number of Topliss-reactive ketones (excluding diaryl/α,β-unsaturated/α-hetero) is 1. The summed E-state index contributed by atoms with van der Waals surface area (Å²) in [7, 11) is 0. The summed E-state index contributed by atoms with van der Waals surface area (Å²) < 4.78 is 0. The quantitative estimate of drug-likeness (QED) is 0.850.